The van der Waals surface area contributed by atoms with Crippen molar-refractivity contribution in [1.82, 2.24) is 15.5 Å². The molecule has 0 radical (unpaired) electrons. The maximum atomic E-state index is 12.5. The minimum atomic E-state index is -0.411. The first-order chi connectivity index (χ1) is 17.3. The second-order valence-corrected chi connectivity index (χ2v) is 9.45. The summed E-state index contributed by atoms with van der Waals surface area (Å²) in [6.45, 7) is 4.12. The molecule has 0 bridgehead atoms. The number of carbonyl (C=O) groups excluding carboxylic acids is 2. The fourth-order valence-electron chi connectivity index (χ4n) is 4.14. The fraction of sp³-hybridized carbons (Fsp3) is 0.520. The Labute approximate surface area is 209 Å². The Bertz CT molecular complexity index is 1130. The molecule has 0 unspecified atom stereocenters. The molecular formula is C25H33N5O6. The number of aromatic nitrogens is 2. The van der Waals surface area contributed by atoms with Gasteiger partial charge < -0.3 is 30.0 Å². The van der Waals surface area contributed by atoms with E-state index in [0.717, 1.165) is 31.4 Å². The number of nitrogens with zero attached hydrogens (tertiary/aromatic N) is 2. The van der Waals surface area contributed by atoms with E-state index >= 15 is 0 Å². The summed E-state index contributed by atoms with van der Waals surface area (Å²) in [5.74, 6) is 0.742. The zero-order valence-corrected chi connectivity index (χ0v) is 20.8. The van der Waals surface area contributed by atoms with Crippen LogP contribution in [0.1, 0.15) is 63.1 Å². The van der Waals surface area contributed by atoms with Crippen molar-refractivity contribution < 1.29 is 28.9 Å². The molecule has 11 heteroatoms. The number of benzene rings is 1. The molecule has 2 aliphatic rings. The molecule has 194 valence electrons. The molecule has 1 aromatic carbocycles. The van der Waals surface area contributed by atoms with Gasteiger partial charge in [0.25, 0.3) is 5.91 Å². The number of phenolic OH excluding ortho intramolecular Hbond substituents is 1. The number of aromatic amines is 1. The molecule has 0 saturated heterocycles. The molecule has 2 saturated carbocycles. The molecule has 11 nitrogen and oxygen atoms in total. The van der Waals surface area contributed by atoms with Gasteiger partial charge in [-0.15, -0.1) is 0 Å². The van der Waals surface area contributed by atoms with Gasteiger partial charge in [-0.25, -0.2) is 4.79 Å². The van der Waals surface area contributed by atoms with Crippen LogP contribution in [0.3, 0.4) is 0 Å². The number of hydrogen-bond donors (Lipinski definition) is 4. The molecule has 4 N–H and O–H groups in total. The summed E-state index contributed by atoms with van der Waals surface area (Å²) in [4.78, 5) is 28.7. The highest BCUT2D eigenvalue weighted by atomic mass is 16.6. The van der Waals surface area contributed by atoms with E-state index in [0.29, 0.717) is 30.1 Å². The standard InChI is InChI=1S/C25H33N5O6/c1-4-26-13-18-20(31)10-17(34-3)11-21(18)35-14-23(32)27-22-12-19(29-30-22)15-5-6-16(9-15)36-24(33)28-25(2)7-8-25/h10-13,15-16,31H,4-9,14H2,1-3H3,(H,28,33)(H2,27,29,30,32)/b26-13+/t15-,16+/m0/s1. The molecule has 2 fully saturated rings. The van der Waals surface area contributed by atoms with Gasteiger partial charge in [0.05, 0.1) is 12.7 Å². The highest BCUT2D eigenvalue weighted by Gasteiger charge is 2.40. The summed E-state index contributed by atoms with van der Waals surface area (Å²) < 4.78 is 16.4. The van der Waals surface area contributed by atoms with E-state index in [9.17, 15) is 14.7 Å². The number of ether oxygens (including phenoxy) is 3. The maximum absolute atomic E-state index is 12.5. The van der Waals surface area contributed by atoms with Gasteiger partial charge in [-0.05, 0) is 46.0 Å². The Morgan fingerprint density at radius 3 is 2.83 bits per heavy atom. The summed E-state index contributed by atoms with van der Waals surface area (Å²) in [6, 6.07) is 4.82. The quantitative estimate of drug-likeness (QED) is 0.366. The molecule has 36 heavy (non-hydrogen) atoms. The van der Waals surface area contributed by atoms with Gasteiger partial charge in [0.15, 0.2) is 12.4 Å². The smallest absolute Gasteiger partial charge is 0.407 e. The van der Waals surface area contributed by atoms with Gasteiger partial charge in [-0.2, -0.15) is 5.10 Å². The number of nitrogens with one attached hydrogen (secondary N) is 3. The van der Waals surface area contributed by atoms with Gasteiger partial charge >= 0.3 is 6.09 Å². The molecule has 2 amide bonds. The van der Waals surface area contributed by atoms with Crippen LogP contribution in [-0.2, 0) is 9.53 Å². The van der Waals surface area contributed by atoms with Crippen LogP contribution in [0.2, 0.25) is 0 Å². The van der Waals surface area contributed by atoms with Crippen molar-refractivity contribution in [2.75, 3.05) is 25.6 Å². The third-order valence-electron chi connectivity index (χ3n) is 6.46. The van der Waals surface area contributed by atoms with Crippen LogP contribution in [0.4, 0.5) is 10.6 Å². The van der Waals surface area contributed by atoms with Crippen LogP contribution < -0.4 is 20.1 Å². The third kappa shape index (κ3) is 6.46. The molecule has 2 aromatic rings. The van der Waals surface area contributed by atoms with Crippen molar-refractivity contribution in [2.45, 2.75) is 63.5 Å². The first kappa shape index (κ1) is 25.3. The van der Waals surface area contributed by atoms with Gasteiger partial charge in [-0.1, -0.05) is 0 Å². The first-order valence-corrected chi connectivity index (χ1v) is 12.2. The number of anilines is 1. The molecule has 1 aromatic heterocycles. The fourth-order valence-corrected chi connectivity index (χ4v) is 4.14. The number of alkyl carbamates (subject to hydrolysis) is 1. The van der Waals surface area contributed by atoms with Crippen LogP contribution >= 0.6 is 0 Å². The van der Waals surface area contributed by atoms with Crippen molar-refractivity contribution in [2.24, 2.45) is 4.99 Å². The molecular weight excluding hydrogens is 466 g/mol. The van der Waals surface area contributed by atoms with Crippen LogP contribution in [0.15, 0.2) is 23.2 Å². The van der Waals surface area contributed by atoms with E-state index in [4.69, 9.17) is 14.2 Å². The lowest BCUT2D eigenvalue weighted by atomic mass is 10.0. The van der Waals surface area contributed by atoms with Gasteiger partial charge in [0.2, 0.25) is 0 Å². The number of H-pyrrole nitrogens is 1. The molecule has 0 aliphatic heterocycles. The summed E-state index contributed by atoms with van der Waals surface area (Å²) in [6.07, 6.45) is 5.30. The lowest BCUT2D eigenvalue weighted by molar-refractivity contribution is -0.118. The lowest BCUT2D eigenvalue weighted by Gasteiger charge is -2.16. The topological polar surface area (TPSA) is 147 Å². The van der Waals surface area contributed by atoms with E-state index in [2.05, 4.69) is 25.8 Å². The Morgan fingerprint density at radius 1 is 1.31 bits per heavy atom. The zero-order chi connectivity index (χ0) is 25.7. The Kier molecular flexibility index (Phi) is 7.66. The molecule has 2 atom stereocenters. The normalized spacial score (nSPS) is 20.2. The van der Waals surface area contributed by atoms with Crippen molar-refractivity contribution >= 4 is 24.0 Å². The van der Waals surface area contributed by atoms with Crippen LogP contribution in [-0.4, -0.2) is 65.4 Å². The highest BCUT2D eigenvalue weighted by molar-refractivity contribution is 5.92. The number of phenols is 1. The summed E-state index contributed by atoms with van der Waals surface area (Å²) in [5, 5.41) is 23.0. The van der Waals surface area contributed by atoms with Gasteiger partial charge in [0.1, 0.15) is 23.4 Å². The van der Waals surface area contributed by atoms with Crippen molar-refractivity contribution in [3.05, 3.63) is 29.5 Å². The number of carbonyl (C=O) groups is 2. The number of amides is 2. The summed E-state index contributed by atoms with van der Waals surface area (Å²) in [7, 11) is 1.47. The molecule has 1 heterocycles. The Morgan fingerprint density at radius 2 is 2.11 bits per heavy atom. The van der Waals surface area contributed by atoms with E-state index in [1.807, 2.05) is 13.8 Å². The van der Waals surface area contributed by atoms with E-state index in [1.54, 1.807) is 12.1 Å². The second kappa shape index (κ2) is 10.9. The SMILES string of the molecule is CC/N=C/c1c(O)cc(OC)cc1OCC(=O)Nc1cc([C@H]2CC[C@@H](OC(=O)NC3(C)CC3)C2)[nH]n1. The van der Waals surface area contributed by atoms with E-state index in [-0.39, 0.29) is 41.8 Å². The number of aliphatic imine (C=N–C) groups is 1. The van der Waals surface area contributed by atoms with Crippen molar-refractivity contribution in [3.63, 3.8) is 0 Å². The average molecular weight is 500 g/mol. The maximum Gasteiger partial charge on any atom is 0.407 e. The second-order valence-electron chi connectivity index (χ2n) is 9.45. The monoisotopic (exact) mass is 499 g/mol. The number of aromatic hydroxyl groups is 1. The number of methoxy groups -OCH3 is 1. The minimum Gasteiger partial charge on any atom is -0.507 e. The molecule has 4 rings (SSSR count). The van der Waals surface area contributed by atoms with Crippen LogP contribution in [0.25, 0.3) is 0 Å². The van der Waals surface area contributed by atoms with Crippen LogP contribution in [0, 0.1) is 0 Å². The Hall–Kier alpha value is -3.76. The van der Waals surface area contributed by atoms with E-state index in [1.165, 1.54) is 19.4 Å². The van der Waals surface area contributed by atoms with Gasteiger partial charge in [0, 0.05) is 48.1 Å². The first-order valence-electron chi connectivity index (χ1n) is 12.2. The number of rotatable bonds is 10. The summed E-state index contributed by atoms with van der Waals surface area (Å²) in [5.41, 5.74) is 1.14. The van der Waals surface area contributed by atoms with Crippen LogP contribution in [0.5, 0.6) is 17.2 Å². The largest absolute Gasteiger partial charge is 0.507 e. The molecule has 0 spiro atoms. The van der Waals surface area contributed by atoms with Gasteiger partial charge in [-0.3, -0.25) is 14.9 Å². The average Bonchev–Trinajstić information content (AvgIpc) is 3.20. The summed E-state index contributed by atoms with van der Waals surface area (Å²) >= 11 is 0. The lowest BCUT2D eigenvalue weighted by Crippen LogP contribution is -2.36. The molecule has 2 aliphatic carbocycles. The zero-order valence-electron chi connectivity index (χ0n) is 20.8. The Balaban J connectivity index is 1.29. The predicted molar refractivity (Wildman–Crippen MR) is 133 cm³/mol. The van der Waals surface area contributed by atoms with Crippen molar-refractivity contribution in [3.8, 4) is 17.2 Å². The minimum absolute atomic E-state index is 0.0584. The predicted octanol–water partition coefficient (Wildman–Crippen LogP) is 3.50. The highest BCUT2D eigenvalue weighted by Crippen LogP contribution is 2.37. The van der Waals surface area contributed by atoms with Crippen molar-refractivity contribution in [1.29, 1.82) is 0 Å². The van der Waals surface area contributed by atoms with E-state index < -0.39 is 5.91 Å². The number of hydrogen-bond acceptors (Lipinski definition) is 8. The third-order valence-corrected chi connectivity index (χ3v) is 6.46.